The highest BCUT2D eigenvalue weighted by molar-refractivity contribution is 5.90. The second-order valence-electron chi connectivity index (χ2n) is 6.10. The topological polar surface area (TPSA) is 110 Å². The van der Waals surface area contributed by atoms with Gasteiger partial charge in [-0.15, -0.1) is 0 Å². The fourth-order valence-corrected chi connectivity index (χ4v) is 2.55. The Balaban J connectivity index is 1.64. The maximum atomic E-state index is 11.9. The van der Waals surface area contributed by atoms with E-state index < -0.39 is 11.0 Å². The van der Waals surface area contributed by atoms with Crippen molar-refractivity contribution in [2.45, 2.75) is 13.8 Å². The Labute approximate surface area is 161 Å². The SMILES string of the molecule is Cc1ccccc1NC(=O)NN=Cc1ccc(-c2ccc(C)c([N+](=O)[O-])c2)o1. The lowest BCUT2D eigenvalue weighted by atomic mass is 10.1. The molecule has 2 amide bonds. The number of nitrogens with one attached hydrogen (secondary N) is 2. The molecule has 0 unspecified atom stereocenters. The third kappa shape index (κ3) is 4.42. The molecule has 2 N–H and O–H groups in total. The van der Waals surface area contributed by atoms with Crippen molar-refractivity contribution in [1.29, 1.82) is 0 Å². The van der Waals surface area contributed by atoms with Crippen LogP contribution in [-0.2, 0) is 0 Å². The van der Waals surface area contributed by atoms with Gasteiger partial charge in [-0.25, -0.2) is 10.2 Å². The zero-order valence-electron chi connectivity index (χ0n) is 15.3. The van der Waals surface area contributed by atoms with Gasteiger partial charge in [0.15, 0.2) is 0 Å². The van der Waals surface area contributed by atoms with Crippen LogP contribution in [0.2, 0.25) is 0 Å². The van der Waals surface area contributed by atoms with Gasteiger partial charge < -0.3 is 9.73 Å². The van der Waals surface area contributed by atoms with Crippen LogP contribution in [0.3, 0.4) is 0 Å². The highest BCUT2D eigenvalue weighted by Crippen LogP contribution is 2.27. The molecule has 2 aromatic carbocycles. The quantitative estimate of drug-likeness (QED) is 0.383. The molecular formula is C20H18N4O4. The van der Waals surface area contributed by atoms with E-state index in [1.54, 1.807) is 37.3 Å². The molecular weight excluding hydrogens is 360 g/mol. The number of para-hydroxylation sites is 1. The Morgan fingerprint density at radius 1 is 1.11 bits per heavy atom. The summed E-state index contributed by atoms with van der Waals surface area (Å²) < 4.78 is 5.62. The van der Waals surface area contributed by atoms with Crippen LogP contribution in [0.25, 0.3) is 11.3 Å². The highest BCUT2D eigenvalue weighted by Gasteiger charge is 2.13. The van der Waals surface area contributed by atoms with E-state index >= 15 is 0 Å². The van der Waals surface area contributed by atoms with Gasteiger partial charge in [0.25, 0.3) is 5.69 Å². The van der Waals surface area contributed by atoms with Gasteiger partial charge in [-0.2, -0.15) is 5.10 Å². The fourth-order valence-electron chi connectivity index (χ4n) is 2.55. The first-order chi connectivity index (χ1) is 13.4. The van der Waals surface area contributed by atoms with Crippen molar-refractivity contribution in [1.82, 2.24) is 5.43 Å². The van der Waals surface area contributed by atoms with Crippen molar-refractivity contribution in [2.24, 2.45) is 5.10 Å². The predicted octanol–water partition coefficient (Wildman–Crippen LogP) is 4.63. The molecule has 0 saturated heterocycles. The van der Waals surface area contributed by atoms with Gasteiger partial charge in [-0.05, 0) is 37.6 Å². The number of nitro groups is 1. The van der Waals surface area contributed by atoms with Gasteiger partial charge in [-0.1, -0.05) is 30.3 Å². The van der Waals surface area contributed by atoms with Crippen LogP contribution in [0.1, 0.15) is 16.9 Å². The van der Waals surface area contributed by atoms with Gasteiger partial charge in [0, 0.05) is 22.9 Å². The van der Waals surface area contributed by atoms with Gasteiger partial charge in [-0.3, -0.25) is 10.1 Å². The van der Waals surface area contributed by atoms with Crippen LogP contribution in [-0.4, -0.2) is 17.2 Å². The summed E-state index contributed by atoms with van der Waals surface area (Å²) in [4.78, 5) is 22.5. The second-order valence-corrected chi connectivity index (χ2v) is 6.10. The average Bonchev–Trinajstić information content (AvgIpc) is 3.12. The summed E-state index contributed by atoms with van der Waals surface area (Å²) in [5.74, 6) is 0.864. The van der Waals surface area contributed by atoms with E-state index in [0.717, 1.165) is 5.56 Å². The Morgan fingerprint density at radius 2 is 1.89 bits per heavy atom. The monoisotopic (exact) mass is 378 g/mol. The van der Waals surface area contributed by atoms with Crippen molar-refractivity contribution in [3.8, 4) is 11.3 Å². The minimum atomic E-state index is -0.480. The third-order valence-corrected chi connectivity index (χ3v) is 4.07. The molecule has 1 heterocycles. The first-order valence-electron chi connectivity index (χ1n) is 8.45. The molecule has 8 nitrogen and oxygen atoms in total. The van der Waals surface area contributed by atoms with Crippen LogP contribution in [0, 0.1) is 24.0 Å². The first kappa shape index (κ1) is 18.8. The molecule has 0 spiro atoms. The summed E-state index contributed by atoms with van der Waals surface area (Å²) in [7, 11) is 0. The van der Waals surface area contributed by atoms with E-state index in [1.807, 2.05) is 25.1 Å². The Morgan fingerprint density at radius 3 is 2.64 bits per heavy atom. The van der Waals surface area contributed by atoms with Crippen LogP contribution < -0.4 is 10.7 Å². The minimum absolute atomic E-state index is 0.0265. The molecule has 0 bridgehead atoms. The molecule has 142 valence electrons. The molecule has 0 aliphatic carbocycles. The van der Waals surface area contributed by atoms with E-state index in [9.17, 15) is 14.9 Å². The number of furan rings is 1. The molecule has 0 fully saturated rings. The number of nitrogens with zero attached hydrogens (tertiary/aromatic N) is 2. The summed E-state index contributed by atoms with van der Waals surface area (Å²) in [5.41, 5.74) is 5.17. The molecule has 28 heavy (non-hydrogen) atoms. The van der Waals surface area contributed by atoms with Crippen molar-refractivity contribution in [3.05, 3.63) is 81.6 Å². The predicted molar refractivity (Wildman–Crippen MR) is 106 cm³/mol. The average molecular weight is 378 g/mol. The largest absolute Gasteiger partial charge is 0.455 e. The van der Waals surface area contributed by atoms with Crippen molar-refractivity contribution in [2.75, 3.05) is 5.32 Å². The summed E-state index contributed by atoms with van der Waals surface area (Å²) in [5, 5.41) is 17.6. The molecule has 0 saturated carbocycles. The molecule has 0 aliphatic rings. The van der Waals surface area contributed by atoms with Gasteiger partial charge in [0.1, 0.15) is 11.5 Å². The molecule has 0 aliphatic heterocycles. The van der Waals surface area contributed by atoms with Crippen molar-refractivity contribution < 1.29 is 14.1 Å². The standard InChI is InChI=1S/C20H18N4O4/c1-13-5-3-4-6-17(13)22-20(25)23-21-12-16-9-10-19(28-16)15-8-7-14(2)18(11-15)24(26)27/h3-12H,1-2H3,(H2,22,23,25). The number of aryl methyl sites for hydroxylation is 2. The summed E-state index contributed by atoms with van der Waals surface area (Å²) >= 11 is 0. The van der Waals surface area contributed by atoms with E-state index in [1.165, 1.54) is 12.3 Å². The lowest BCUT2D eigenvalue weighted by molar-refractivity contribution is -0.385. The van der Waals surface area contributed by atoms with Crippen LogP contribution >= 0.6 is 0 Å². The number of hydrogen-bond acceptors (Lipinski definition) is 5. The first-order valence-corrected chi connectivity index (χ1v) is 8.45. The molecule has 0 radical (unpaired) electrons. The van der Waals surface area contributed by atoms with Gasteiger partial charge >= 0.3 is 6.03 Å². The number of amides is 2. The zero-order chi connectivity index (χ0) is 20.1. The van der Waals surface area contributed by atoms with Crippen LogP contribution in [0.5, 0.6) is 0 Å². The van der Waals surface area contributed by atoms with Crippen LogP contribution in [0.4, 0.5) is 16.2 Å². The minimum Gasteiger partial charge on any atom is -0.455 e. The van der Waals surface area contributed by atoms with Gasteiger partial charge in [0.05, 0.1) is 11.1 Å². The number of hydrazone groups is 1. The number of anilines is 1. The van der Waals surface area contributed by atoms with Crippen LogP contribution in [0.15, 0.2) is 64.1 Å². The number of nitro benzene ring substituents is 1. The number of benzene rings is 2. The molecule has 0 atom stereocenters. The maximum absolute atomic E-state index is 11.9. The second kappa shape index (κ2) is 8.17. The Hall–Kier alpha value is -3.94. The van der Waals surface area contributed by atoms with Crippen molar-refractivity contribution in [3.63, 3.8) is 0 Å². The normalized spacial score (nSPS) is 10.8. The molecule has 1 aromatic heterocycles. The Bertz CT molecular complexity index is 1060. The zero-order valence-corrected chi connectivity index (χ0v) is 15.3. The highest BCUT2D eigenvalue weighted by atomic mass is 16.6. The van der Waals surface area contributed by atoms with E-state index in [2.05, 4.69) is 15.8 Å². The summed E-state index contributed by atoms with van der Waals surface area (Å²) in [6.45, 7) is 3.56. The number of hydrogen-bond donors (Lipinski definition) is 2. The number of carbonyl (C=O) groups excluding carboxylic acids is 1. The number of carbonyl (C=O) groups is 1. The van der Waals surface area contributed by atoms with E-state index in [-0.39, 0.29) is 5.69 Å². The Kier molecular flexibility index (Phi) is 5.50. The fraction of sp³-hybridized carbons (Fsp3) is 0.100. The van der Waals surface area contributed by atoms with Gasteiger partial charge in [0.2, 0.25) is 0 Å². The molecule has 3 aromatic rings. The summed E-state index contributed by atoms with van der Waals surface area (Å²) in [6.07, 6.45) is 1.35. The lowest BCUT2D eigenvalue weighted by Gasteiger charge is -2.06. The summed E-state index contributed by atoms with van der Waals surface area (Å²) in [6, 6.07) is 15.1. The molecule has 3 rings (SSSR count). The van der Waals surface area contributed by atoms with E-state index in [0.29, 0.717) is 28.3 Å². The van der Waals surface area contributed by atoms with E-state index in [4.69, 9.17) is 4.42 Å². The maximum Gasteiger partial charge on any atom is 0.339 e. The smallest absolute Gasteiger partial charge is 0.339 e. The number of rotatable bonds is 5. The molecule has 8 heteroatoms. The lowest BCUT2D eigenvalue weighted by Crippen LogP contribution is -2.24. The third-order valence-electron chi connectivity index (χ3n) is 4.07. The number of urea groups is 1. The van der Waals surface area contributed by atoms with Crippen molar-refractivity contribution >= 4 is 23.6 Å².